The topological polar surface area (TPSA) is 102 Å². The van der Waals surface area contributed by atoms with Crippen molar-refractivity contribution >= 4 is 16.7 Å². The number of nitrogens with one attached hydrogen (secondary N) is 2. The van der Waals surface area contributed by atoms with Crippen LogP contribution in [0.1, 0.15) is 47.7 Å². The van der Waals surface area contributed by atoms with Crippen LogP contribution in [0.15, 0.2) is 59.7 Å². The van der Waals surface area contributed by atoms with E-state index < -0.39 is 0 Å². The molecule has 2 aliphatic rings. The molecule has 2 heterocycles. The van der Waals surface area contributed by atoms with E-state index >= 15 is 0 Å². The van der Waals surface area contributed by atoms with Gasteiger partial charge >= 0.3 is 0 Å². The molecule has 6 rings (SSSR count). The monoisotopic (exact) mass is 469 g/mol. The average molecular weight is 470 g/mol. The average Bonchev–Trinajstić information content (AvgIpc) is 3.26. The summed E-state index contributed by atoms with van der Waals surface area (Å²) in [5.74, 6) is 0.918. The minimum atomic E-state index is -0.144. The van der Waals surface area contributed by atoms with E-state index in [-0.39, 0.29) is 22.9 Å². The number of H-pyrrole nitrogens is 1. The number of fused-ring (bicyclic) bond motifs is 1. The number of aromatic amines is 1. The highest BCUT2D eigenvalue weighted by molar-refractivity contribution is 5.96. The van der Waals surface area contributed by atoms with Gasteiger partial charge in [-0.3, -0.25) is 14.3 Å². The van der Waals surface area contributed by atoms with Gasteiger partial charge in [-0.25, -0.2) is 5.10 Å². The normalized spacial score (nSPS) is 23.0. The molecule has 0 radical (unpaired) electrons. The molecule has 0 unspecified atom stereocenters. The number of carbonyl (C=O) groups is 1. The van der Waals surface area contributed by atoms with Crippen molar-refractivity contribution in [3.8, 4) is 16.9 Å². The molecule has 2 fully saturated rings. The van der Waals surface area contributed by atoms with E-state index in [0.29, 0.717) is 22.6 Å². The molecule has 8 nitrogen and oxygen atoms in total. The number of aromatic nitrogens is 4. The van der Waals surface area contributed by atoms with Gasteiger partial charge in [0, 0.05) is 47.3 Å². The Hall–Kier alpha value is -3.94. The molecule has 0 atom stereocenters. The number of hydrogen-bond acceptors (Lipinski definition) is 5. The fourth-order valence-corrected chi connectivity index (χ4v) is 5.95. The number of aryl methyl sites for hydroxylation is 1. The molecular weight excluding hydrogens is 442 g/mol. The second-order valence-corrected chi connectivity index (χ2v) is 9.99. The summed E-state index contributed by atoms with van der Waals surface area (Å²) < 4.78 is 7.29. The fourth-order valence-electron chi connectivity index (χ4n) is 5.95. The molecule has 35 heavy (non-hydrogen) atoms. The predicted molar refractivity (Wildman–Crippen MR) is 132 cm³/mol. The van der Waals surface area contributed by atoms with Gasteiger partial charge < -0.3 is 10.1 Å². The van der Waals surface area contributed by atoms with Crippen LogP contribution < -0.4 is 15.6 Å². The summed E-state index contributed by atoms with van der Waals surface area (Å²) in [7, 11) is 3.48. The standard InChI is InChI=1S/C27H27N5O3/c1-32-15-18(14-28-32)20-8-7-16(9-23(20)35-2)25(33)29-19-12-27(13-19)10-17(11-27)24-21-5-3-4-6-22(21)26(34)31-30-24/h3-9,14-15,17,19H,10-13H2,1-2H3,(H,29,33)(H,31,34)/t17-,19-,27?. The molecule has 0 aliphatic heterocycles. The molecule has 4 aromatic rings. The molecule has 2 aromatic carbocycles. The van der Waals surface area contributed by atoms with Crippen LogP contribution in [0.25, 0.3) is 21.9 Å². The van der Waals surface area contributed by atoms with Gasteiger partial charge in [-0.1, -0.05) is 18.2 Å². The van der Waals surface area contributed by atoms with Crippen LogP contribution in [0, 0.1) is 5.41 Å². The Morgan fingerprint density at radius 1 is 1.14 bits per heavy atom. The van der Waals surface area contributed by atoms with E-state index in [1.54, 1.807) is 24.1 Å². The van der Waals surface area contributed by atoms with Crippen LogP contribution in [0.3, 0.4) is 0 Å². The zero-order valence-corrected chi connectivity index (χ0v) is 19.7. The lowest BCUT2D eigenvalue weighted by Crippen LogP contribution is -2.55. The Bertz CT molecular complexity index is 1490. The molecule has 0 bridgehead atoms. The number of hydrogen-bond donors (Lipinski definition) is 2. The summed E-state index contributed by atoms with van der Waals surface area (Å²) in [6.07, 6.45) is 7.72. The van der Waals surface area contributed by atoms with Gasteiger partial charge in [0.05, 0.1) is 24.4 Å². The third-order valence-corrected chi connectivity index (χ3v) is 7.64. The first kappa shape index (κ1) is 21.6. The zero-order valence-electron chi connectivity index (χ0n) is 19.7. The van der Waals surface area contributed by atoms with E-state index in [9.17, 15) is 9.59 Å². The van der Waals surface area contributed by atoms with Crippen molar-refractivity contribution in [3.05, 3.63) is 76.5 Å². The van der Waals surface area contributed by atoms with E-state index in [2.05, 4.69) is 20.6 Å². The van der Waals surface area contributed by atoms with E-state index in [1.807, 2.05) is 49.6 Å². The third-order valence-electron chi connectivity index (χ3n) is 7.64. The highest BCUT2D eigenvalue weighted by atomic mass is 16.5. The highest BCUT2D eigenvalue weighted by Crippen LogP contribution is 2.62. The van der Waals surface area contributed by atoms with Crippen LogP contribution in [0.4, 0.5) is 0 Å². The van der Waals surface area contributed by atoms with Gasteiger partial charge in [0.15, 0.2) is 0 Å². The molecule has 8 heteroatoms. The second kappa shape index (κ2) is 8.08. The number of nitrogens with zero attached hydrogens (tertiary/aromatic N) is 3. The van der Waals surface area contributed by atoms with E-state index in [1.165, 1.54) is 0 Å². The lowest BCUT2D eigenvalue weighted by molar-refractivity contribution is -0.0196. The lowest BCUT2D eigenvalue weighted by Gasteiger charge is -2.57. The van der Waals surface area contributed by atoms with Crippen molar-refractivity contribution in [1.29, 1.82) is 0 Å². The van der Waals surface area contributed by atoms with Gasteiger partial charge in [-0.2, -0.15) is 10.2 Å². The van der Waals surface area contributed by atoms with Crippen molar-refractivity contribution < 1.29 is 9.53 Å². The highest BCUT2D eigenvalue weighted by Gasteiger charge is 2.54. The van der Waals surface area contributed by atoms with E-state index in [0.717, 1.165) is 47.9 Å². The number of ether oxygens (including phenoxy) is 1. The summed E-state index contributed by atoms with van der Waals surface area (Å²) in [5, 5.41) is 16.1. The smallest absolute Gasteiger partial charge is 0.272 e. The number of carbonyl (C=O) groups excluding carboxylic acids is 1. The first-order valence-electron chi connectivity index (χ1n) is 11.9. The van der Waals surface area contributed by atoms with Crippen LogP contribution in [0.2, 0.25) is 0 Å². The molecule has 2 aromatic heterocycles. The SMILES string of the molecule is COc1cc(C(=O)N[C@H]2CC3(C2)C[C@H](c2n[nH]c(=O)c4ccccc42)C3)ccc1-c1cnn(C)c1. The summed E-state index contributed by atoms with van der Waals surface area (Å²) in [5.41, 5.74) is 3.55. The van der Waals surface area contributed by atoms with Crippen molar-refractivity contribution in [2.45, 2.75) is 37.6 Å². The minimum absolute atomic E-state index is 0.0787. The van der Waals surface area contributed by atoms with Crippen LogP contribution in [-0.2, 0) is 7.05 Å². The zero-order chi connectivity index (χ0) is 24.2. The summed E-state index contributed by atoms with van der Waals surface area (Å²) in [6.45, 7) is 0. The molecule has 2 saturated carbocycles. The largest absolute Gasteiger partial charge is 0.496 e. The Balaban J connectivity index is 1.09. The maximum absolute atomic E-state index is 12.9. The predicted octanol–water partition coefficient (Wildman–Crippen LogP) is 3.79. The van der Waals surface area contributed by atoms with Gasteiger partial charge in [-0.05, 0) is 55.4 Å². The lowest BCUT2D eigenvalue weighted by atomic mass is 9.49. The third kappa shape index (κ3) is 3.69. The molecular formula is C27H27N5O3. The fraction of sp³-hybridized carbons (Fsp3) is 0.333. The molecule has 1 spiro atoms. The van der Waals surface area contributed by atoms with E-state index in [4.69, 9.17) is 4.74 Å². The molecule has 2 N–H and O–H groups in total. The quantitative estimate of drug-likeness (QED) is 0.463. The van der Waals surface area contributed by atoms with Crippen LogP contribution >= 0.6 is 0 Å². The molecule has 1 amide bonds. The Morgan fingerprint density at radius 3 is 2.63 bits per heavy atom. The van der Waals surface area contributed by atoms with Crippen molar-refractivity contribution in [1.82, 2.24) is 25.3 Å². The van der Waals surface area contributed by atoms with Crippen molar-refractivity contribution in [2.75, 3.05) is 7.11 Å². The number of rotatable bonds is 5. The van der Waals surface area contributed by atoms with Crippen LogP contribution in [0.5, 0.6) is 5.75 Å². The second-order valence-electron chi connectivity index (χ2n) is 9.99. The minimum Gasteiger partial charge on any atom is -0.496 e. The first-order valence-corrected chi connectivity index (χ1v) is 11.9. The van der Waals surface area contributed by atoms with Gasteiger partial charge in [0.25, 0.3) is 11.5 Å². The number of amides is 1. The molecule has 0 saturated heterocycles. The van der Waals surface area contributed by atoms with Gasteiger partial charge in [0.2, 0.25) is 0 Å². The van der Waals surface area contributed by atoms with Gasteiger partial charge in [0.1, 0.15) is 5.75 Å². The van der Waals surface area contributed by atoms with Crippen LogP contribution in [-0.4, -0.2) is 39.0 Å². The van der Waals surface area contributed by atoms with Crippen molar-refractivity contribution in [3.63, 3.8) is 0 Å². The summed E-state index contributed by atoms with van der Waals surface area (Å²) in [4.78, 5) is 25.0. The number of methoxy groups -OCH3 is 1. The Kier molecular flexibility index (Phi) is 4.98. The first-order chi connectivity index (χ1) is 16.9. The maximum Gasteiger partial charge on any atom is 0.272 e. The molecule has 2 aliphatic carbocycles. The Morgan fingerprint density at radius 2 is 1.91 bits per heavy atom. The number of benzene rings is 2. The maximum atomic E-state index is 12.9. The summed E-state index contributed by atoms with van der Waals surface area (Å²) >= 11 is 0. The Labute approximate surface area is 202 Å². The van der Waals surface area contributed by atoms with Gasteiger partial charge in [-0.15, -0.1) is 0 Å². The van der Waals surface area contributed by atoms with Crippen molar-refractivity contribution in [2.24, 2.45) is 12.5 Å². The summed E-state index contributed by atoms with van der Waals surface area (Å²) in [6, 6.07) is 13.4. The molecule has 178 valence electrons.